The minimum Gasteiger partial charge on any atom is -0.333 e. The van der Waals surface area contributed by atoms with Gasteiger partial charge in [0, 0.05) is 18.8 Å². The minimum atomic E-state index is 0.0915. The van der Waals surface area contributed by atoms with Gasteiger partial charge in [-0.15, -0.1) is 0 Å². The number of aryl methyl sites for hydroxylation is 1. The monoisotopic (exact) mass is 221 g/mol. The summed E-state index contributed by atoms with van der Waals surface area (Å²) in [7, 11) is 0. The number of imidazole rings is 1. The van der Waals surface area contributed by atoms with Crippen LogP contribution < -0.4 is 5.73 Å². The summed E-state index contributed by atoms with van der Waals surface area (Å²) in [6.07, 6.45) is 12.2. The lowest BCUT2D eigenvalue weighted by Gasteiger charge is -2.22. The normalized spacial score (nSPS) is 19.9. The second-order valence-corrected chi connectivity index (χ2v) is 5.09. The Morgan fingerprint density at radius 2 is 2.19 bits per heavy atom. The van der Waals surface area contributed by atoms with Crippen LogP contribution >= 0.6 is 0 Å². The molecule has 0 aliphatic heterocycles. The molecule has 0 bridgehead atoms. The van der Waals surface area contributed by atoms with E-state index in [1.807, 2.05) is 19.4 Å². The summed E-state index contributed by atoms with van der Waals surface area (Å²) >= 11 is 0. The maximum Gasteiger partial charge on any atom is 0.0948 e. The molecular weight excluding hydrogens is 198 g/mol. The van der Waals surface area contributed by atoms with Gasteiger partial charge in [0.05, 0.1) is 12.0 Å². The Balaban J connectivity index is 1.86. The molecule has 0 radical (unpaired) electrons. The molecule has 0 aromatic carbocycles. The van der Waals surface area contributed by atoms with Gasteiger partial charge in [0.1, 0.15) is 0 Å². The summed E-state index contributed by atoms with van der Waals surface area (Å²) in [6, 6.07) is 0.0915. The van der Waals surface area contributed by atoms with Crippen molar-refractivity contribution in [3.8, 4) is 0 Å². The number of nitrogens with two attached hydrogens (primary N) is 1. The molecule has 1 aliphatic carbocycles. The van der Waals surface area contributed by atoms with Gasteiger partial charge in [-0.05, 0) is 19.3 Å². The maximum atomic E-state index is 5.91. The fraction of sp³-hybridized carbons (Fsp3) is 0.769. The van der Waals surface area contributed by atoms with Gasteiger partial charge in [-0.1, -0.05) is 32.1 Å². The summed E-state index contributed by atoms with van der Waals surface area (Å²) in [6.45, 7) is 3.11. The second-order valence-electron chi connectivity index (χ2n) is 5.09. The van der Waals surface area contributed by atoms with Crippen LogP contribution in [0.5, 0.6) is 0 Å². The van der Waals surface area contributed by atoms with Gasteiger partial charge in [0.2, 0.25) is 0 Å². The number of rotatable bonds is 4. The molecule has 1 aromatic rings. The fourth-order valence-electron chi connectivity index (χ4n) is 2.69. The van der Waals surface area contributed by atoms with Gasteiger partial charge in [-0.3, -0.25) is 0 Å². The highest BCUT2D eigenvalue weighted by Gasteiger charge is 2.14. The summed E-state index contributed by atoms with van der Waals surface area (Å²) in [5, 5.41) is 0. The second kappa shape index (κ2) is 5.48. The van der Waals surface area contributed by atoms with E-state index in [9.17, 15) is 0 Å². The summed E-state index contributed by atoms with van der Waals surface area (Å²) in [4.78, 5) is 4.19. The van der Waals surface area contributed by atoms with Crippen molar-refractivity contribution in [1.29, 1.82) is 0 Å². The largest absolute Gasteiger partial charge is 0.333 e. The molecule has 1 heterocycles. The summed E-state index contributed by atoms with van der Waals surface area (Å²) in [5.74, 6) is 0.928. The van der Waals surface area contributed by atoms with Crippen molar-refractivity contribution in [3.63, 3.8) is 0 Å². The standard InChI is InChI=1S/C13H23N3/c1-11(14)13-9-15-10-16(13)8-7-12-5-3-2-4-6-12/h9-12H,2-8,14H2,1H3/t11-/m0/s1. The van der Waals surface area contributed by atoms with E-state index >= 15 is 0 Å². The van der Waals surface area contributed by atoms with Crippen molar-refractivity contribution in [3.05, 3.63) is 18.2 Å². The van der Waals surface area contributed by atoms with Crippen LogP contribution in [0.4, 0.5) is 0 Å². The van der Waals surface area contributed by atoms with E-state index in [0.717, 1.165) is 18.2 Å². The first-order valence-corrected chi connectivity index (χ1v) is 6.53. The van der Waals surface area contributed by atoms with Crippen molar-refractivity contribution >= 4 is 0 Å². The number of aromatic nitrogens is 2. The van der Waals surface area contributed by atoms with Gasteiger partial charge in [0.25, 0.3) is 0 Å². The van der Waals surface area contributed by atoms with Gasteiger partial charge in [-0.2, -0.15) is 0 Å². The lowest BCUT2D eigenvalue weighted by Crippen LogP contribution is -2.14. The van der Waals surface area contributed by atoms with Crippen LogP contribution in [-0.4, -0.2) is 9.55 Å². The third-order valence-electron chi connectivity index (χ3n) is 3.71. The Hall–Kier alpha value is -0.830. The molecule has 3 nitrogen and oxygen atoms in total. The van der Waals surface area contributed by atoms with Crippen LogP contribution in [0, 0.1) is 5.92 Å². The molecule has 16 heavy (non-hydrogen) atoms. The van der Waals surface area contributed by atoms with E-state index in [4.69, 9.17) is 5.73 Å². The zero-order valence-corrected chi connectivity index (χ0v) is 10.2. The Morgan fingerprint density at radius 1 is 1.44 bits per heavy atom. The lowest BCUT2D eigenvalue weighted by molar-refractivity contribution is 0.322. The third-order valence-corrected chi connectivity index (χ3v) is 3.71. The van der Waals surface area contributed by atoms with Gasteiger partial charge in [-0.25, -0.2) is 4.98 Å². The predicted molar refractivity (Wildman–Crippen MR) is 66.0 cm³/mol. The van der Waals surface area contributed by atoms with Crippen molar-refractivity contribution in [2.24, 2.45) is 11.7 Å². The van der Waals surface area contributed by atoms with Crippen LogP contribution in [0.1, 0.15) is 57.2 Å². The summed E-state index contributed by atoms with van der Waals surface area (Å²) < 4.78 is 2.22. The molecule has 1 fully saturated rings. The summed E-state index contributed by atoms with van der Waals surface area (Å²) in [5.41, 5.74) is 7.07. The minimum absolute atomic E-state index is 0.0915. The van der Waals surface area contributed by atoms with Crippen molar-refractivity contribution in [2.75, 3.05) is 0 Å². The molecule has 0 saturated heterocycles. The Bertz CT molecular complexity index is 311. The van der Waals surface area contributed by atoms with E-state index in [1.165, 1.54) is 38.5 Å². The molecule has 3 heteroatoms. The lowest BCUT2D eigenvalue weighted by atomic mass is 9.87. The van der Waals surface area contributed by atoms with E-state index < -0.39 is 0 Å². The molecule has 1 aromatic heterocycles. The van der Waals surface area contributed by atoms with Gasteiger partial charge < -0.3 is 10.3 Å². The first-order valence-electron chi connectivity index (χ1n) is 6.53. The topological polar surface area (TPSA) is 43.8 Å². The zero-order valence-electron chi connectivity index (χ0n) is 10.2. The number of hydrogen-bond donors (Lipinski definition) is 1. The van der Waals surface area contributed by atoms with Crippen LogP contribution in [0.2, 0.25) is 0 Å². The molecular formula is C13H23N3. The number of hydrogen-bond acceptors (Lipinski definition) is 2. The quantitative estimate of drug-likeness (QED) is 0.849. The van der Waals surface area contributed by atoms with Crippen LogP contribution in [0.3, 0.4) is 0 Å². The maximum absolute atomic E-state index is 5.91. The Kier molecular flexibility index (Phi) is 3.99. The van der Waals surface area contributed by atoms with E-state index in [0.29, 0.717) is 0 Å². The molecule has 0 spiro atoms. The SMILES string of the molecule is C[C@H](N)c1cncn1CCC1CCCCC1. The highest BCUT2D eigenvalue weighted by Crippen LogP contribution is 2.27. The molecule has 2 rings (SSSR count). The van der Waals surface area contributed by atoms with Crippen molar-refractivity contribution < 1.29 is 0 Å². The molecule has 1 atom stereocenters. The van der Waals surface area contributed by atoms with E-state index in [-0.39, 0.29) is 6.04 Å². The predicted octanol–water partition coefficient (Wildman–Crippen LogP) is 2.87. The fourth-order valence-corrected chi connectivity index (χ4v) is 2.69. The molecule has 1 saturated carbocycles. The molecule has 0 amide bonds. The number of nitrogens with zero attached hydrogens (tertiary/aromatic N) is 2. The molecule has 2 N–H and O–H groups in total. The highest BCUT2D eigenvalue weighted by atomic mass is 15.1. The average Bonchev–Trinajstić information content (AvgIpc) is 2.76. The van der Waals surface area contributed by atoms with Crippen LogP contribution in [-0.2, 0) is 6.54 Å². The molecule has 0 unspecified atom stereocenters. The van der Waals surface area contributed by atoms with E-state index in [1.54, 1.807) is 0 Å². The van der Waals surface area contributed by atoms with Gasteiger partial charge >= 0.3 is 0 Å². The Morgan fingerprint density at radius 3 is 2.88 bits per heavy atom. The Labute approximate surface area is 98.1 Å². The van der Waals surface area contributed by atoms with Crippen molar-refractivity contribution in [1.82, 2.24) is 9.55 Å². The smallest absolute Gasteiger partial charge is 0.0948 e. The van der Waals surface area contributed by atoms with Crippen LogP contribution in [0.25, 0.3) is 0 Å². The highest BCUT2D eigenvalue weighted by molar-refractivity contribution is 5.02. The van der Waals surface area contributed by atoms with Crippen LogP contribution in [0.15, 0.2) is 12.5 Å². The van der Waals surface area contributed by atoms with E-state index in [2.05, 4.69) is 9.55 Å². The first-order chi connectivity index (χ1) is 7.77. The average molecular weight is 221 g/mol. The van der Waals surface area contributed by atoms with Gasteiger partial charge in [0.15, 0.2) is 0 Å². The molecule has 90 valence electrons. The zero-order chi connectivity index (χ0) is 11.4. The first kappa shape index (κ1) is 11.6. The van der Waals surface area contributed by atoms with Crippen molar-refractivity contribution in [2.45, 2.75) is 58.0 Å². The molecule has 1 aliphatic rings. The third kappa shape index (κ3) is 2.85.